The molecule has 0 aromatic rings. The Morgan fingerprint density at radius 3 is 2.10 bits per heavy atom. The van der Waals surface area contributed by atoms with Gasteiger partial charge in [0.25, 0.3) is 0 Å². The summed E-state index contributed by atoms with van der Waals surface area (Å²) in [6, 6.07) is 0. The van der Waals surface area contributed by atoms with Gasteiger partial charge in [-0.05, 0) is 12.8 Å². The fourth-order valence-electron chi connectivity index (χ4n) is 0.999. The summed E-state index contributed by atoms with van der Waals surface area (Å²) in [5.74, 6) is 1.27. The Balaban J connectivity index is 2.26. The summed E-state index contributed by atoms with van der Waals surface area (Å²) >= 11 is 0. The summed E-state index contributed by atoms with van der Waals surface area (Å²) in [5, 5.41) is 0. The monoisotopic (exact) mass is 144 g/mol. The van der Waals surface area contributed by atoms with E-state index in [2.05, 4.69) is 13.8 Å². The van der Waals surface area contributed by atoms with Gasteiger partial charge in [-0.2, -0.15) is 0 Å². The van der Waals surface area contributed by atoms with Crippen LogP contribution in [0.1, 0.15) is 20.8 Å². The zero-order valence-corrected chi connectivity index (χ0v) is 6.96. The van der Waals surface area contributed by atoms with Gasteiger partial charge < -0.3 is 9.47 Å². The lowest BCUT2D eigenvalue weighted by Gasteiger charge is -2.29. The van der Waals surface area contributed by atoms with Gasteiger partial charge in [-0.25, -0.2) is 0 Å². The van der Waals surface area contributed by atoms with Crippen LogP contribution in [-0.2, 0) is 9.47 Å². The molecule has 0 spiro atoms. The van der Waals surface area contributed by atoms with Crippen molar-refractivity contribution in [2.24, 2.45) is 11.8 Å². The maximum atomic E-state index is 5.33. The number of rotatable bonds is 1. The lowest BCUT2D eigenvalue weighted by Crippen LogP contribution is -2.32. The summed E-state index contributed by atoms with van der Waals surface area (Å²) in [5.41, 5.74) is 0. The zero-order chi connectivity index (χ0) is 7.56. The summed E-state index contributed by atoms with van der Waals surface area (Å²) in [6.45, 7) is 8.06. The van der Waals surface area contributed by atoms with Crippen LogP contribution >= 0.6 is 0 Å². The third-order valence-electron chi connectivity index (χ3n) is 2.03. The highest BCUT2D eigenvalue weighted by atomic mass is 16.7. The molecule has 0 aromatic heterocycles. The second-order valence-electron chi connectivity index (χ2n) is 3.24. The molecule has 0 radical (unpaired) electrons. The van der Waals surface area contributed by atoms with E-state index < -0.39 is 0 Å². The van der Waals surface area contributed by atoms with E-state index in [1.54, 1.807) is 0 Å². The van der Waals surface area contributed by atoms with Gasteiger partial charge in [0.15, 0.2) is 6.29 Å². The predicted molar refractivity (Wildman–Crippen MR) is 39.7 cm³/mol. The van der Waals surface area contributed by atoms with Gasteiger partial charge >= 0.3 is 0 Å². The molecule has 0 aromatic carbocycles. The lowest BCUT2D eigenvalue weighted by atomic mass is 9.97. The van der Waals surface area contributed by atoms with Crippen LogP contribution in [0.15, 0.2) is 0 Å². The quantitative estimate of drug-likeness (QED) is 0.557. The molecule has 0 amide bonds. The first-order valence-electron chi connectivity index (χ1n) is 3.93. The highest BCUT2D eigenvalue weighted by Gasteiger charge is 2.21. The van der Waals surface area contributed by atoms with E-state index in [0.717, 1.165) is 13.2 Å². The zero-order valence-electron chi connectivity index (χ0n) is 6.96. The normalized spacial score (nSPS) is 34.8. The molecule has 0 bridgehead atoms. The smallest absolute Gasteiger partial charge is 0.154 e. The van der Waals surface area contributed by atoms with E-state index in [-0.39, 0.29) is 6.29 Å². The molecule has 0 atom stereocenters. The average molecular weight is 144 g/mol. The molecule has 0 N–H and O–H groups in total. The van der Waals surface area contributed by atoms with Gasteiger partial charge in [0.1, 0.15) is 0 Å². The van der Waals surface area contributed by atoms with Crippen LogP contribution in [0.25, 0.3) is 0 Å². The minimum Gasteiger partial charge on any atom is -0.353 e. The fourth-order valence-corrected chi connectivity index (χ4v) is 0.999. The summed E-state index contributed by atoms with van der Waals surface area (Å²) in [6.07, 6.45) is 0.00926. The van der Waals surface area contributed by atoms with Crippen molar-refractivity contribution < 1.29 is 9.47 Å². The van der Waals surface area contributed by atoms with Crippen molar-refractivity contribution in [3.8, 4) is 0 Å². The molecule has 2 heteroatoms. The van der Waals surface area contributed by atoms with Crippen molar-refractivity contribution >= 4 is 0 Å². The molecule has 0 aliphatic carbocycles. The molecule has 1 rings (SSSR count). The Hall–Kier alpha value is -0.0800. The number of hydrogen-bond acceptors (Lipinski definition) is 2. The van der Waals surface area contributed by atoms with E-state index in [4.69, 9.17) is 9.47 Å². The average Bonchev–Trinajstić information content (AvgIpc) is 1.88. The molecule has 0 saturated carbocycles. The van der Waals surface area contributed by atoms with E-state index in [0.29, 0.717) is 11.8 Å². The minimum atomic E-state index is 0.00926. The first-order valence-corrected chi connectivity index (χ1v) is 3.93. The third kappa shape index (κ3) is 1.96. The Morgan fingerprint density at radius 1 is 1.20 bits per heavy atom. The fraction of sp³-hybridized carbons (Fsp3) is 1.00. The van der Waals surface area contributed by atoms with Crippen molar-refractivity contribution in [1.29, 1.82) is 0 Å². The Labute approximate surface area is 62.5 Å². The highest BCUT2D eigenvalue weighted by molar-refractivity contribution is 4.64. The maximum Gasteiger partial charge on any atom is 0.154 e. The van der Waals surface area contributed by atoms with Crippen molar-refractivity contribution in [1.82, 2.24) is 0 Å². The largest absolute Gasteiger partial charge is 0.353 e. The van der Waals surface area contributed by atoms with Crippen LogP contribution in [0, 0.1) is 11.8 Å². The first kappa shape index (κ1) is 8.02. The minimum absolute atomic E-state index is 0.00926. The van der Waals surface area contributed by atoms with E-state index in [1.165, 1.54) is 0 Å². The van der Waals surface area contributed by atoms with Crippen molar-refractivity contribution in [2.75, 3.05) is 13.2 Å². The first-order chi connectivity index (χ1) is 4.70. The Kier molecular flexibility index (Phi) is 2.69. The van der Waals surface area contributed by atoms with Crippen LogP contribution < -0.4 is 0 Å². The second-order valence-corrected chi connectivity index (χ2v) is 3.24. The van der Waals surface area contributed by atoms with Crippen LogP contribution in [0.2, 0.25) is 0 Å². The molecule has 1 fully saturated rings. The van der Waals surface area contributed by atoms with Gasteiger partial charge in [0.2, 0.25) is 0 Å². The van der Waals surface area contributed by atoms with Crippen LogP contribution in [0.5, 0.6) is 0 Å². The SMILES string of the molecule is CC1OCC(C(C)C)CO1. The third-order valence-corrected chi connectivity index (χ3v) is 2.03. The lowest BCUT2D eigenvalue weighted by molar-refractivity contribution is -0.196. The van der Waals surface area contributed by atoms with Crippen LogP contribution in [0.4, 0.5) is 0 Å². The van der Waals surface area contributed by atoms with Crippen molar-refractivity contribution in [3.63, 3.8) is 0 Å². The molecular formula is C8H16O2. The van der Waals surface area contributed by atoms with E-state index in [9.17, 15) is 0 Å². The second kappa shape index (κ2) is 3.35. The Morgan fingerprint density at radius 2 is 1.70 bits per heavy atom. The molecule has 0 unspecified atom stereocenters. The highest BCUT2D eigenvalue weighted by Crippen LogP contribution is 2.17. The standard InChI is InChI=1S/C8H16O2/c1-6(2)8-4-9-7(3)10-5-8/h6-8H,4-5H2,1-3H3. The van der Waals surface area contributed by atoms with Crippen molar-refractivity contribution in [2.45, 2.75) is 27.1 Å². The molecule has 1 saturated heterocycles. The molecule has 1 aliphatic heterocycles. The van der Waals surface area contributed by atoms with Gasteiger partial charge in [-0.15, -0.1) is 0 Å². The maximum absolute atomic E-state index is 5.33. The van der Waals surface area contributed by atoms with Crippen LogP contribution in [-0.4, -0.2) is 19.5 Å². The summed E-state index contributed by atoms with van der Waals surface area (Å²) < 4.78 is 10.7. The van der Waals surface area contributed by atoms with Gasteiger partial charge in [0.05, 0.1) is 13.2 Å². The molecule has 2 nitrogen and oxygen atoms in total. The van der Waals surface area contributed by atoms with Gasteiger partial charge in [-0.3, -0.25) is 0 Å². The molecule has 1 aliphatic rings. The molecule has 10 heavy (non-hydrogen) atoms. The van der Waals surface area contributed by atoms with Crippen molar-refractivity contribution in [3.05, 3.63) is 0 Å². The molecule has 1 heterocycles. The number of ether oxygens (including phenoxy) is 2. The van der Waals surface area contributed by atoms with Crippen LogP contribution in [0.3, 0.4) is 0 Å². The van der Waals surface area contributed by atoms with E-state index >= 15 is 0 Å². The predicted octanol–water partition coefficient (Wildman–Crippen LogP) is 1.65. The van der Waals surface area contributed by atoms with Gasteiger partial charge in [-0.1, -0.05) is 13.8 Å². The Bertz CT molecular complexity index is 93.4. The molecule has 60 valence electrons. The summed E-state index contributed by atoms with van der Waals surface area (Å²) in [4.78, 5) is 0. The molecular weight excluding hydrogens is 128 g/mol. The number of hydrogen-bond donors (Lipinski definition) is 0. The van der Waals surface area contributed by atoms with Gasteiger partial charge in [0, 0.05) is 5.92 Å². The topological polar surface area (TPSA) is 18.5 Å². The summed E-state index contributed by atoms with van der Waals surface area (Å²) in [7, 11) is 0. The van der Waals surface area contributed by atoms with E-state index in [1.807, 2.05) is 6.92 Å².